The van der Waals surface area contributed by atoms with Crippen molar-refractivity contribution in [1.29, 1.82) is 0 Å². The monoisotopic (exact) mass is 332 g/mol. The maximum Gasteiger partial charge on any atom is 0.240 e. The molecule has 5 nitrogen and oxygen atoms in total. The van der Waals surface area contributed by atoms with Gasteiger partial charge in [-0.15, -0.1) is 0 Å². The van der Waals surface area contributed by atoms with Gasteiger partial charge in [-0.2, -0.15) is 0 Å². The van der Waals surface area contributed by atoms with Crippen molar-refractivity contribution in [3.63, 3.8) is 0 Å². The fourth-order valence-electron chi connectivity index (χ4n) is 2.21. The van der Waals surface area contributed by atoms with Gasteiger partial charge in [0, 0.05) is 18.5 Å². The third-order valence-corrected chi connectivity index (χ3v) is 5.05. The molecule has 23 heavy (non-hydrogen) atoms. The lowest BCUT2D eigenvalue weighted by atomic mass is 9.84. The van der Waals surface area contributed by atoms with Gasteiger partial charge in [-0.1, -0.05) is 49.4 Å². The Balaban J connectivity index is 2.14. The summed E-state index contributed by atoms with van der Waals surface area (Å²) >= 11 is 0. The Bertz CT molecular complexity index is 743. The highest BCUT2D eigenvalue weighted by molar-refractivity contribution is 7.89. The van der Waals surface area contributed by atoms with Gasteiger partial charge in [0.25, 0.3) is 0 Å². The first-order valence-corrected chi connectivity index (χ1v) is 8.76. The number of nitrogens with one attached hydrogen (secondary N) is 2. The largest absolute Gasteiger partial charge is 0.271 e. The highest BCUT2D eigenvalue weighted by Crippen LogP contribution is 2.23. The first-order valence-electron chi connectivity index (χ1n) is 7.28. The van der Waals surface area contributed by atoms with Gasteiger partial charge in [0.05, 0.1) is 4.90 Å². The lowest BCUT2D eigenvalue weighted by Gasteiger charge is -2.26. The Hall–Kier alpha value is -1.73. The average molecular weight is 332 g/mol. The normalized spacial score (nSPS) is 12.3. The first kappa shape index (κ1) is 17.6. The van der Waals surface area contributed by atoms with Crippen LogP contribution < -0.4 is 16.0 Å². The zero-order valence-corrected chi connectivity index (χ0v) is 13.9. The van der Waals surface area contributed by atoms with E-state index in [1.165, 1.54) is 0 Å². The van der Waals surface area contributed by atoms with Gasteiger partial charge in [0.1, 0.15) is 0 Å². The minimum atomic E-state index is -3.54. The molecule has 123 valence electrons. The van der Waals surface area contributed by atoms with Crippen molar-refractivity contribution in [2.45, 2.75) is 23.8 Å². The minimum absolute atomic E-state index is 0.198. The van der Waals surface area contributed by atoms with Gasteiger partial charge >= 0.3 is 0 Å². The van der Waals surface area contributed by atoms with E-state index in [-0.39, 0.29) is 11.4 Å². The SMILES string of the molecule is [CH2]C(C)(CNS(=O)(=O)c1ccccc1)c1cccc(CNN)c1. The highest BCUT2D eigenvalue weighted by atomic mass is 32.2. The van der Waals surface area contributed by atoms with Crippen LogP contribution in [0.25, 0.3) is 0 Å². The number of hydrogen-bond donors (Lipinski definition) is 3. The van der Waals surface area contributed by atoms with Crippen molar-refractivity contribution >= 4 is 10.0 Å². The molecule has 0 saturated heterocycles. The molecule has 0 fully saturated rings. The van der Waals surface area contributed by atoms with E-state index in [4.69, 9.17) is 5.84 Å². The van der Waals surface area contributed by atoms with Gasteiger partial charge in [-0.05, 0) is 30.2 Å². The Labute approximate surface area is 137 Å². The lowest BCUT2D eigenvalue weighted by molar-refractivity contribution is 0.539. The predicted molar refractivity (Wildman–Crippen MR) is 91.8 cm³/mol. The summed E-state index contributed by atoms with van der Waals surface area (Å²) < 4.78 is 27.3. The molecule has 1 radical (unpaired) electrons. The smallest absolute Gasteiger partial charge is 0.240 e. The summed E-state index contributed by atoms with van der Waals surface area (Å²) in [5.74, 6) is 5.34. The van der Waals surface area contributed by atoms with E-state index in [1.807, 2.05) is 31.2 Å². The van der Waals surface area contributed by atoms with Crippen molar-refractivity contribution in [3.05, 3.63) is 72.6 Å². The Morgan fingerprint density at radius 3 is 2.48 bits per heavy atom. The summed E-state index contributed by atoms with van der Waals surface area (Å²) in [5.41, 5.74) is 3.98. The van der Waals surface area contributed by atoms with Crippen molar-refractivity contribution in [3.8, 4) is 0 Å². The van der Waals surface area contributed by atoms with Gasteiger partial charge in [0.2, 0.25) is 10.0 Å². The molecule has 2 rings (SSSR count). The van der Waals surface area contributed by atoms with Crippen LogP contribution in [0.15, 0.2) is 59.5 Å². The summed E-state index contributed by atoms with van der Waals surface area (Å²) in [6.07, 6.45) is 0. The molecular formula is C17H22N3O2S. The maximum absolute atomic E-state index is 12.3. The Kier molecular flexibility index (Phi) is 5.54. The topological polar surface area (TPSA) is 84.2 Å². The fourth-order valence-corrected chi connectivity index (χ4v) is 3.40. The molecule has 0 amide bonds. The number of nitrogens with two attached hydrogens (primary N) is 1. The number of hydrogen-bond acceptors (Lipinski definition) is 4. The maximum atomic E-state index is 12.3. The second kappa shape index (κ2) is 7.23. The summed E-state index contributed by atoms with van der Waals surface area (Å²) in [6, 6.07) is 16.1. The molecule has 0 bridgehead atoms. The molecule has 0 aliphatic heterocycles. The number of hydrazine groups is 1. The number of sulfonamides is 1. The summed E-state index contributed by atoms with van der Waals surface area (Å²) in [7, 11) is -3.54. The molecule has 2 aromatic carbocycles. The predicted octanol–water partition coefficient (Wildman–Crippen LogP) is 1.72. The standard InChI is InChI=1S/C17H22N3O2S/c1-17(2,15-8-6-7-14(11-15)12-19-18)13-20-23(21,22)16-9-4-3-5-10-16/h3-11,19-20H,1,12-13,18H2,2H3. The van der Waals surface area contributed by atoms with E-state index in [1.54, 1.807) is 30.3 Å². The Morgan fingerprint density at radius 1 is 1.13 bits per heavy atom. The van der Waals surface area contributed by atoms with Gasteiger partial charge in [-0.25, -0.2) is 13.1 Å². The van der Waals surface area contributed by atoms with E-state index >= 15 is 0 Å². The van der Waals surface area contributed by atoms with Crippen LogP contribution >= 0.6 is 0 Å². The molecule has 0 aliphatic rings. The molecule has 4 N–H and O–H groups in total. The highest BCUT2D eigenvalue weighted by Gasteiger charge is 2.24. The molecule has 0 aromatic heterocycles. The number of benzene rings is 2. The van der Waals surface area contributed by atoms with Crippen LogP contribution in [0, 0.1) is 6.92 Å². The van der Waals surface area contributed by atoms with Crippen LogP contribution in [-0.4, -0.2) is 15.0 Å². The van der Waals surface area contributed by atoms with Crippen molar-refractivity contribution < 1.29 is 8.42 Å². The third-order valence-electron chi connectivity index (χ3n) is 3.64. The summed E-state index contributed by atoms with van der Waals surface area (Å²) in [6.45, 7) is 6.80. The van der Waals surface area contributed by atoms with Crippen LogP contribution in [0.3, 0.4) is 0 Å². The molecule has 0 heterocycles. The quantitative estimate of drug-likeness (QED) is 0.532. The summed E-state index contributed by atoms with van der Waals surface area (Å²) in [5, 5.41) is 0. The van der Waals surface area contributed by atoms with Crippen LogP contribution in [0.1, 0.15) is 18.1 Å². The van der Waals surface area contributed by atoms with Crippen molar-refractivity contribution in [2.24, 2.45) is 5.84 Å². The number of rotatable bonds is 7. The molecule has 0 spiro atoms. The molecular weight excluding hydrogens is 310 g/mol. The summed E-state index contributed by atoms with van der Waals surface area (Å²) in [4.78, 5) is 0.247. The Morgan fingerprint density at radius 2 is 1.83 bits per heavy atom. The van der Waals surface area contributed by atoms with E-state index in [0.717, 1.165) is 11.1 Å². The fraction of sp³-hybridized carbons (Fsp3) is 0.235. The van der Waals surface area contributed by atoms with Crippen molar-refractivity contribution in [1.82, 2.24) is 10.1 Å². The minimum Gasteiger partial charge on any atom is -0.271 e. The second-order valence-corrected chi connectivity index (χ2v) is 7.55. The molecule has 1 atom stereocenters. The molecule has 0 aliphatic carbocycles. The van der Waals surface area contributed by atoms with Crippen LogP contribution in [0.4, 0.5) is 0 Å². The zero-order valence-electron chi connectivity index (χ0n) is 13.1. The van der Waals surface area contributed by atoms with Crippen LogP contribution in [0.2, 0.25) is 0 Å². The molecule has 1 unspecified atom stereocenters. The molecule has 0 saturated carbocycles. The van der Waals surface area contributed by atoms with E-state index in [2.05, 4.69) is 17.1 Å². The average Bonchev–Trinajstić information content (AvgIpc) is 2.55. The molecule has 6 heteroatoms. The molecule has 2 aromatic rings. The van der Waals surface area contributed by atoms with Gasteiger partial charge in [0.15, 0.2) is 0 Å². The third kappa shape index (κ3) is 4.62. The van der Waals surface area contributed by atoms with Gasteiger partial charge < -0.3 is 0 Å². The second-order valence-electron chi connectivity index (χ2n) is 5.78. The lowest BCUT2D eigenvalue weighted by Crippen LogP contribution is -2.37. The van der Waals surface area contributed by atoms with Crippen LogP contribution in [-0.2, 0) is 22.0 Å². The zero-order chi connectivity index (χ0) is 16.9. The van der Waals surface area contributed by atoms with E-state index < -0.39 is 15.4 Å². The van der Waals surface area contributed by atoms with Gasteiger partial charge in [-0.3, -0.25) is 11.3 Å². The van der Waals surface area contributed by atoms with E-state index in [9.17, 15) is 8.42 Å². The van der Waals surface area contributed by atoms with E-state index in [0.29, 0.717) is 6.54 Å². The first-order chi connectivity index (χ1) is 10.8. The van der Waals surface area contributed by atoms with Crippen molar-refractivity contribution in [2.75, 3.05) is 6.54 Å². The van der Waals surface area contributed by atoms with Crippen LogP contribution in [0.5, 0.6) is 0 Å².